The van der Waals surface area contributed by atoms with Crippen molar-refractivity contribution in [1.29, 1.82) is 0 Å². The van der Waals surface area contributed by atoms with E-state index in [9.17, 15) is 4.79 Å². The number of methoxy groups -OCH3 is 1. The molecule has 0 bridgehead atoms. The van der Waals surface area contributed by atoms with Gasteiger partial charge in [0.15, 0.2) is 22.9 Å². The molecule has 1 atom stereocenters. The van der Waals surface area contributed by atoms with Gasteiger partial charge in [0.2, 0.25) is 11.7 Å². The van der Waals surface area contributed by atoms with Gasteiger partial charge in [0.05, 0.1) is 5.69 Å². The Kier molecular flexibility index (Phi) is 6.09. The Morgan fingerprint density at radius 2 is 1.97 bits per heavy atom. The number of Topliss-reactive ketones (excluding diaryl/α,β-unsaturated/α-hetero) is 1. The largest absolute Gasteiger partial charge is 0.470 e. The fraction of sp³-hybridized carbons (Fsp3) is 0.333. The Balaban J connectivity index is 1.26. The molecule has 0 amide bonds. The van der Waals surface area contributed by atoms with E-state index in [-0.39, 0.29) is 18.3 Å². The molecule has 188 valence electrons. The molecule has 0 radical (unpaired) electrons. The van der Waals surface area contributed by atoms with Crippen LogP contribution in [-0.2, 0) is 18.0 Å². The molecule has 1 fully saturated rings. The number of rotatable bonds is 10. The van der Waals surface area contributed by atoms with Gasteiger partial charge in [-0.05, 0) is 30.5 Å². The van der Waals surface area contributed by atoms with Gasteiger partial charge in [0, 0.05) is 41.6 Å². The fourth-order valence-corrected chi connectivity index (χ4v) is 4.49. The number of fused-ring (bicyclic) bond motifs is 3. The van der Waals surface area contributed by atoms with Crippen LogP contribution in [0.2, 0.25) is 0 Å². The van der Waals surface area contributed by atoms with E-state index in [1.807, 2.05) is 43.3 Å². The zero-order valence-electron chi connectivity index (χ0n) is 20.6. The number of ketones is 1. The molecule has 0 aliphatic heterocycles. The Bertz CT molecular complexity index is 1570. The molecule has 0 spiro atoms. The number of pyridine rings is 1. The molecule has 10 nitrogen and oxygen atoms in total. The minimum atomic E-state index is 0.0203. The van der Waals surface area contributed by atoms with Gasteiger partial charge < -0.3 is 14.0 Å². The molecule has 10 heteroatoms. The van der Waals surface area contributed by atoms with Crippen LogP contribution in [-0.4, -0.2) is 42.8 Å². The maximum Gasteiger partial charge on any atom is 0.240 e. The highest BCUT2D eigenvalue weighted by molar-refractivity contribution is 5.97. The summed E-state index contributed by atoms with van der Waals surface area (Å²) in [4.78, 5) is 17.2. The van der Waals surface area contributed by atoms with Crippen molar-refractivity contribution < 1.29 is 18.8 Å². The summed E-state index contributed by atoms with van der Waals surface area (Å²) in [5.74, 6) is 2.28. The number of hydrogen-bond acceptors (Lipinski definition) is 9. The SMILES string of the molecule is COCc1cc(-c2nnc3c4ccccc4c(OCc4ccc(C(=O)C(C)CC5CC5)cn4)nn23)no1. The predicted molar refractivity (Wildman–Crippen MR) is 134 cm³/mol. The van der Waals surface area contributed by atoms with Crippen molar-refractivity contribution in [2.24, 2.45) is 11.8 Å². The van der Waals surface area contributed by atoms with E-state index in [1.54, 1.807) is 23.9 Å². The van der Waals surface area contributed by atoms with Crippen LogP contribution in [0.25, 0.3) is 27.9 Å². The summed E-state index contributed by atoms with van der Waals surface area (Å²) < 4.78 is 18.2. The van der Waals surface area contributed by atoms with E-state index in [2.05, 4.69) is 25.4 Å². The van der Waals surface area contributed by atoms with Crippen LogP contribution in [0, 0.1) is 11.8 Å². The molecule has 1 aliphatic rings. The molecule has 37 heavy (non-hydrogen) atoms. The van der Waals surface area contributed by atoms with Gasteiger partial charge in [-0.25, -0.2) is 0 Å². The lowest BCUT2D eigenvalue weighted by molar-refractivity contribution is 0.0920. The highest BCUT2D eigenvalue weighted by Crippen LogP contribution is 2.36. The van der Waals surface area contributed by atoms with Crippen LogP contribution in [0.15, 0.2) is 53.2 Å². The quantitative estimate of drug-likeness (QED) is 0.253. The molecule has 1 aliphatic carbocycles. The van der Waals surface area contributed by atoms with E-state index in [4.69, 9.17) is 14.0 Å². The summed E-state index contributed by atoms with van der Waals surface area (Å²) >= 11 is 0. The summed E-state index contributed by atoms with van der Waals surface area (Å²) in [5.41, 5.74) is 2.40. The second kappa shape index (κ2) is 9.70. The molecule has 6 rings (SSSR count). The number of ether oxygens (including phenoxy) is 2. The Hall–Kier alpha value is -4.18. The lowest BCUT2D eigenvalue weighted by Crippen LogP contribution is -2.13. The molecule has 0 N–H and O–H groups in total. The smallest absolute Gasteiger partial charge is 0.240 e. The third kappa shape index (κ3) is 4.67. The number of benzene rings is 1. The Labute approximate surface area is 212 Å². The number of carbonyl (C=O) groups is 1. The van der Waals surface area contributed by atoms with Crippen LogP contribution < -0.4 is 4.74 Å². The van der Waals surface area contributed by atoms with Crippen molar-refractivity contribution in [2.45, 2.75) is 39.4 Å². The van der Waals surface area contributed by atoms with E-state index in [1.165, 1.54) is 12.8 Å². The zero-order chi connectivity index (χ0) is 25.4. The Morgan fingerprint density at radius 3 is 2.73 bits per heavy atom. The first-order valence-electron chi connectivity index (χ1n) is 12.3. The zero-order valence-corrected chi connectivity index (χ0v) is 20.6. The standard InChI is InChI=1S/C27H26N6O4/c1-16(11-17-7-8-17)24(34)18-9-10-19(28-13-18)14-36-27-22-6-4-3-5-21(22)25-29-30-26(33(25)31-27)23-12-20(15-35-2)37-32-23/h3-6,9-10,12-13,16-17H,7-8,11,14-15H2,1-2H3. The minimum absolute atomic E-state index is 0.0203. The summed E-state index contributed by atoms with van der Waals surface area (Å²) in [6.45, 7) is 2.49. The normalized spacial score (nSPS) is 14.3. The maximum atomic E-state index is 12.7. The van der Waals surface area contributed by atoms with Crippen LogP contribution >= 0.6 is 0 Å². The van der Waals surface area contributed by atoms with Crippen LogP contribution in [0.3, 0.4) is 0 Å². The number of carbonyl (C=O) groups excluding carboxylic acids is 1. The third-order valence-electron chi connectivity index (χ3n) is 6.60. The maximum absolute atomic E-state index is 12.7. The lowest BCUT2D eigenvalue weighted by Gasteiger charge is -2.11. The van der Waals surface area contributed by atoms with Gasteiger partial charge >= 0.3 is 0 Å². The second-order valence-corrected chi connectivity index (χ2v) is 9.49. The van der Waals surface area contributed by atoms with E-state index in [0.717, 1.165) is 17.2 Å². The van der Waals surface area contributed by atoms with Crippen molar-refractivity contribution >= 4 is 22.2 Å². The average molecular weight is 499 g/mol. The van der Waals surface area contributed by atoms with Crippen molar-refractivity contribution in [3.63, 3.8) is 0 Å². The van der Waals surface area contributed by atoms with E-state index < -0.39 is 0 Å². The highest BCUT2D eigenvalue weighted by atomic mass is 16.5. The van der Waals surface area contributed by atoms with E-state index >= 15 is 0 Å². The van der Waals surface area contributed by atoms with Crippen LogP contribution in [0.1, 0.15) is 48.0 Å². The molecule has 1 saturated carbocycles. The highest BCUT2D eigenvalue weighted by Gasteiger charge is 2.27. The summed E-state index contributed by atoms with van der Waals surface area (Å²) in [6.07, 6.45) is 5.08. The molecular formula is C27H26N6O4. The Morgan fingerprint density at radius 1 is 1.14 bits per heavy atom. The number of aromatic nitrogens is 6. The summed E-state index contributed by atoms with van der Waals surface area (Å²) in [7, 11) is 1.59. The van der Waals surface area contributed by atoms with Crippen LogP contribution in [0.5, 0.6) is 5.88 Å². The van der Waals surface area contributed by atoms with Gasteiger partial charge in [-0.1, -0.05) is 43.1 Å². The van der Waals surface area contributed by atoms with Gasteiger partial charge in [0.1, 0.15) is 13.2 Å². The first kappa shape index (κ1) is 23.2. The number of nitrogens with zero attached hydrogens (tertiary/aromatic N) is 6. The molecule has 0 saturated heterocycles. The van der Waals surface area contributed by atoms with E-state index in [0.29, 0.717) is 52.6 Å². The van der Waals surface area contributed by atoms with Crippen molar-refractivity contribution in [1.82, 2.24) is 30.0 Å². The monoisotopic (exact) mass is 498 g/mol. The minimum Gasteiger partial charge on any atom is -0.470 e. The van der Waals surface area contributed by atoms with Crippen molar-refractivity contribution in [3.8, 4) is 17.4 Å². The molecule has 1 unspecified atom stereocenters. The molecule has 4 aromatic heterocycles. The fourth-order valence-electron chi connectivity index (χ4n) is 4.49. The topological polar surface area (TPSA) is 118 Å². The lowest BCUT2D eigenvalue weighted by atomic mass is 9.95. The van der Waals surface area contributed by atoms with Crippen molar-refractivity contribution in [2.75, 3.05) is 7.11 Å². The van der Waals surface area contributed by atoms with Crippen LogP contribution in [0.4, 0.5) is 0 Å². The van der Waals surface area contributed by atoms with Gasteiger partial charge in [0.25, 0.3) is 0 Å². The number of hydrogen-bond donors (Lipinski definition) is 0. The molecule has 5 aromatic rings. The second-order valence-electron chi connectivity index (χ2n) is 9.49. The average Bonchev–Trinajstić information content (AvgIpc) is 3.44. The first-order chi connectivity index (χ1) is 18.1. The molecular weight excluding hydrogens is 472 g/mol. The summed E-state index contributed by atoms with van der Waals surface area (Å²) in [6, 6.07) is 13.1. The molecule has 4 heterocycles. The van der Waals surface area contributed by atoms with Gasteiger partial charge in [-0.15, -0.1) is 15.3 Å². The first-order valence-corrected chi connectivity index (χ1v) is 12.3. The van der Waals surface area contributed by atoms with Gasteiger partial charge in [-0.2, -0.15) is 4.52 Å². The third-order valence-corrected chi connectivity index (χ3v) is 6.60. The predicted octanol–water partition coefficient (Wildman–Crippen LogP) is 4.67. The summed E-state index contributed by atoms with van der Waals surface area (Å²) in [5, 5.41) is 19.0. The van der Waals surface area contributed by atoms with Gasteiger partial charge in [-0.3, -0.25) is 9.78 Å². The van der Waals surface area contributed by atoms with Crippen molar-refractivity contribution in [3.05, 3.63) is 65.7 Å². The molecule has 1 aromatic carbocycles.